The molecule has 0 amide bonds. The monoisotopic (exact) mass is 207 g/mol. The average Bonchev–Trinajstić information content (AvgIpc) is 1.85. The summed E-state index contributed by atoms with van der Waals surface area (Å²) in [6.07, 6.45) is 0. The summed E-state index contributed by atoms with van der Waals surface area (Å²) in [5.74, 6) is 0. The Hall–Kier alpha value is -0.640. The molecule has 0 aromatic heterocycles. The summed E-state index contributed by atoms with van der Waals surface area (Å²) >= 11 is 5.31. The third-order valence-electron chi connectivity index (χ3n) is 1.31. The first-order chi connectivity index (χ1) is 5.22. The van der Waals surface area contributed by atoms with E-state index in [0.717, 1.165) is 5.56 Å². The first kappa shape index (κ1) is 11.4. The Bertz CT molecular complexity index is 232. The number of hydrogen-bond acceptors (Lipinski definition) is 3. The minimum atomic E-state index is 0. The number of benzene rings is 1. The first-order valence-electron chi connectivity index (χ1n) is 3.21. The summed E-state index contributed by atoms with van der Waals surface area (Å²) in [6.45, 7) is 0.566. The highest BCUT2D eigenvalue weighted by molar-refractivity contribution is 6.13. The molecular weight excluding hydrogens is 197 g/mol. The van der Waals surface area contributed by atoms with Gasteiger partial charge < -0.3 is 11.5 Å². The van der Waals surface area contributed by atoms with Crippen molar-refractivity contribution in [3.63, 3.8) is 0 Å². The largest absolute Gasteiger partial charge is 0.399 e. The van der Waals surface area contributed by atoms with Crippen LogP contribution in [0.15, 0.2) is 18.2 Å². The number of nitrogens with one attached hydrogen (secondary N) is 1. The summed E-state index contributed by atoms with van der Waals surface area (Å²) in [5, 5.41) is 0. The Kier molecular flexibility index (Phi) is 4.81. The quantitative estimate of drug-likeness (QED) is 0.510. The van der Waals surface area contributed by atoms with Crippen LogP contribution in [0.3, 0.4) is 0 Å². The number of halogens is 2. The fourth-order valence-electron chi connectivity index (χ4n) is 0.925. The van der Waals surface area contributed by atoms with Crippen molar-refractivity contribution >= 4 is 35.6 Å². The molecule has 0 aliphatic rings. The Morgan fingerprint density at radius 1 is 1.17 bits per heavy atom. The summed E-state index contributed by atoms with van der Waals surface area (Å²) in [5.41, 5.74) is 13.4. The zero-order valence-corrected chi connectivity index (χ0v) is 7.95. The molecule has 0 bridgehead atoms. The maximum atomic E-state index is 5.54. The van der Waals surface area contributed by atoms with Crippen LogP contribution in [0.2, 0.25) is 0 Å². The number of nitrogens with two attached hydrogens (primary N) is 2. The lowest BCUT2D eigenvalue weighted by atomic mass is 10.2. The fourth-order valence-corrected chi connectivity index (χ4v) is 1.08. The number of hydrogen-bond donors (Lipinski definition) is 3. The second kappa shape index (κ2) is 5.09. The van der Waals surface area contributed by atoms with Gasteiger partial charge in [-0.15, -0.1) is 12.4 Å². The molecule has 0 saturated carbocycles. The summed E-state index contributed by atoms with van der Waals surface area (Å²) in [6, 6.07) is 5.36. The normalized spacial score (nSPS) is 9.08. The lowest BCUT2D eigenvalue weighted by Gasteiger charge is -2.01. The first-order valence-corrected chi connectivity index (χ1v) is 3.58. The molecule has 0 heterocycles. The van der Waals surface area contributed by atoms with Gasteiger partial charge in [-0.3, -0.25) is 0 Å². The Balaban J connectivity index is 0.00000121. The minimum Gasteiger partial charge on any atom is -0.399 e. The van der Waals surface area contributed by atoms with E-state index in [1.165, 1.54) is 0 Å². The molecule has 0 aliphatic carbocycles. The van der Waals surface area contributed by atoms with Gasteiger partial charge in [-0.05, 0) is 35.5 Å². The molecule has 12 heavy (non-hydrogen) atoms. The van der Waals surface area contributed by atoms with Crippen molar-refractivity contribution in [2.45, 2.75) is 6.54 Å². The second-order valence-electron chi connectivity index (χ2n) is 2.32. The van der Waals surface area contributed by atoms with Gasteiger partial charge in [-0.2, -0.15) is 0 Å². The van der Waals surface area contributed by atoms with Crippen LogP contribution in [0, 0.1) is 0 Å². The van der Waals surface area contributed by atoms with Crippen molar-refractivity contribution in [2.75, 3.05) is 11.5 Å². The van der Waals surface area contributed by atoms with E-state index in [9.17, 15) is 0 Å². The van der Waals surface area contributed by atoms with Crippen LogP contribution in [-0.2, 0) is 6.54 Å². The molecule has 0 aliphatic heterocycles. The van der Waals surface area contributed by atoms with E-state index in [-0.39, 0.29) is 12.4 Å². The fraction of sp³-hybridized carbons (Fsp3) is 0.143. The van der Waals surface area contributed by atoms with Gasteiger partial charge in [0.2, 0.25) is 0 Å². The van der Waals surface area contributed by atoms with E-state index in [1.807, 2.05) is 12.1 Å². The number of rotatable bonds is 2. The molecule has 1 aromatic carbocycles. The standard InChI is InChI=1S/C7H10ClN3.ClH/c8-11-4-5-1-6(9)3-7(10)2-5;/h1-3,11H,4,9-10H2;1H. The third kappa shape index (κ3) is 3.17. The molecule has 0 saturated heterocycles. The van der Waals surface area contributed by atoms with Gasteiger partial charge in [0.05, 0.1) is 0 Å². The van der Waals surface area contributed by atoms with E-state index in [1.54, 1.807) is 6.07 Å². The SMILES string of the molecule is Cl.Nc1cc(N)cc(CNCl)c1. The van der Waals surface area contributed by atoms with Crippen molar-refractivity contribution < 1.29 is 0 Å². The highest BCUT2D eigenvalue weighted by Gasteiger charge is 1.94. The van der Waals surface area contributed by atoms with E-state index in [0.29, 0.717) is 17.9 Å². The molecule has 1 rings (SSSR count). The highest BCUT2D eigenvalue weighted by Crippen LogP contribution is 2.13. The van der Waals surface area contributed by atoms with Crippen molar-refractivity contribution in [3.8, 4) is 0 Å². The second-order valence-corrected chi connectivity index (χ2v) is 2.59. The van der Waals surface area contributed by atoms with Crippen LogP contribution >= 0.6 is 24.2 Å². The Morgan fingerprint density at radius 3 is 2.08 bits per heavy atom. The highest BCUT2D eigenvalue weighted by atomic mass is 35.5. The van der Waals surface area contributed by atoms with Gasteiger partial charge in [0.1, 0.15) is 0 Å². The number of nitrogen functional groups attached to an aromatic ring is 2. The molecule has 5 heteroatoms. The molecule has 3 nitrogen and oxygen atoms in total. The van der Waals surface area contributed by atoms with E-state index < -0.39 is 0 Å². The van der Waals surface area contributed by atoms with Gasteiger partial charge in [0.15, 0.2) is 0 Å². The van der Waals surface area contributed by atoms with Gasteiger partial charge in [-0.1, -0.05) is 0 Å². The Labute approximate surface area is 82.6 Å². The van der Waals surface area contributed by atoms with Gasteiger partial charge in [0, 0.05) is 17.9 Å². The van der Waals surface area contributed by atoms with Crippen LogP contribution in [0.1, 0.15) is 5.56 Å². The van der Waals surface area contributed by atoms with Crippen LogP contribution < -0.4 is 16.3 Å². The van der Waals surface area contributed by atoms with Crippen LogP contribution in [0.25, 0.3) is 0 Å². The third-order valence-corrected chi connectivity index (χ3v) is 1.44. The molecule has 0 radical (unpaired) electrons. The topological polar surface area (TPSA) is 64.1 Å². The molecule has 0 spiro atoms. The van der Waals surface area contributed by atoms with Gasteiger partial charge in [-0.25, -0.2) is 4.84 Å². The maximum absolute atomic E-state index is 5.54. The summed E-state index contributed by atoms with van der Waals surface area (Å²) in [7, 11) is 0. The van der Waals surface area contributed by atoms with E-state index in [2.05, 4.69) is 4.84 Å². The molecule has 0 fully saturated rings. The van der Waals surface area contributed by atoms with Crippen molar-refractivity contribution in [3.05, 3.63) is 23.8 Å². The zero-order chi connectivity index (χ0) is 8.27. The average molecular weight is 208 g/mol. The molecule has 0 unspecified atom stereocenters. The van der Waals surface area contributed by atoms with Gasteiger partial charge in [0.25, 0.3) is 0 Å². The van der Waals surface area contributed by atoms with Crippen LogP contribution in [0.5, 0.6) is 0 Å². The Morgan fingerprint density at radius 2 is 1.67 bits per heavy atom. The van der Waals surface area contributed by atoms with Gasteiger partial charge >= 0.3 is 0 Å². The van der Waals surface area contributed by atoms with E-state index >= 15 is 0 Å². The zero-order valence-electron chi connectivity index (χ0n) is 6.38. The summed E-state index contributed by atoms with van der Waals surface area (Å²) in [4.78, 5) is 2.50. The van der Waals surface area contributed by atoms with Crippen molar-refractivity contribution in [1.29, 1.82) is 0 Å². The molecule has 68 valence electrons. The lowest BCUT2D eigenvalue weighted by Crippen LogP contribution is -2.00. The predicted molar refractivity (Wildman–Crippen MR) is 55.2 cm³/mol. The van der Waals surface area contributed by atoms with Crippen LogP contribution in [-0.4, -0.2) is 0 Å². The predicted octanol–water partition coefficient (Wildman–Crippen LogP) is 1.52. The van der Waals surface area contributed by atoms with E-state index in [4.69, 9.17) is 23.2 Å². The minimum absolute atomic E-state index is 0. The molecular formula is C7H11Cl2N3. The molecule has 5 N–H and O–H groups in total. The smallest absolute Gasteiger partial charge is 0.0360 e. The van der Waals surface area contributed by atoms with Crippen molar-refractivity contribution in [1.82, 2.24) is 4.84 Å². The number of anilines is 2. The van der Waals surface area contributed by atoms with Crippen molar-refractivity contribution in [2.24, 2.45) is 0 Å². The molecule has 0 atom stereocenters. The lowest BCUT2D eigenvalue weighted by molar-refractivity contribution is 0.965. The maximum Gasteiger partial charge on any atom is 0.0360 e. The summed E-state index contributed by atoms with van der Waals surface area (Å²) < 4.78 is 0. The molecule has 1 aromatic rings. The van der Waals surface area contributed by atoms with Crippen LogP contribution in [0.4, 0.5) is 11.4 Å².